The van der Waals surface area contributed by atoms with Gasteiger partial charge in [0, 0.05) is 18.7 Å². The van der Waals surface area contributed by atoms with E-state index in [4.69, 9.17) is 9.47 Å². The number of phenols is 1. The number of hydrogen-bond donors (Lipinski definition) is 2. The minimum atomic E-state index is -2.04. The van der Waals surface area contributed by atoms with Gasteiger partial charge in [0.2, 0.25) is 11.8 Å². The molecule has 71 heavy (non-hydrogen) atoms. The highest BCUT2D eigenvalue weighted by Gasteiger charge is 2.76. The number of morpholine rings is 1. The number of phenolic OH excluding ortho intramolecular Hbond substituents is 1. The van der Waals surface area contributed by atoms with Crippen LogP contribution in [0, 0.1) is 23.7 Å². The van der Waals surface area contributed by atoms with E-state index >= 15 is 19.2 Å². The fourth-order valence-corrected chi connectivity index (χ4v) is 11.4. The number of anilines is 1. The lowest BCUT2D eigenvalue weighted by molar-refractivity contribution is -0.179. The number of fused-ring (bicyclic) bond motifs is 4. The second-order valence-corrected chi connectivity index (χ2v) is 19.1. The van der Waals surface area contributed by atoms with E-state index in [2.05, 4.69) is 27.5 Å². The number of likely N-dealkylation sites (tertiary alicyclic amines) is 1. The molecule has 15 nitrogen and oxygen atoms in total. The highest BCUT2D eigenvalue weighted by Crippen LogP contribution is 2.66. The number of esters is 2. The van der Waals surface area contributed by atoms with Crippen LogP contribution >= 0.6 is 0 Å². The summed E-state index contributed by atoms with van der Waals surface area (Å²) in [6, 6.07) is 32.7. The molecule has 15 heteroatoms. The summed E-state index contributed by atoms with van der Waals surface area (Å²) in [6.45, 7) is 4.47. The van der Waals surface area contributed by atoms with Crippen molar-refractivity contribution in [3.63, 3.8) is 0 Å². The smallest absolute Gasteiger partial charge is 0.329 e. The van der Waals surface area contributed by atoms with Gasteiger partial charge in [-0.3, -0.25) is 19.3 Å². The standard InChI is InChI=1S/C56H55N7O8/c1-35(2)46(52(66)70-3)57-55(69)62-43-30-25-36(18-17-33-61-44-24-14-13-23-42(44)58-59-61)34-41(43)56(54(62)68)45(51(65)60-31-15-5-4-6-16-32-60)48-53(67)71-49(38-21-11-8-12-22-38)47(37-19-9-7-10-20-37)63(48)50(56)39-26-28-40(64)29-27-39/h7-14,19-30,34-35,45-50,64H,4-6,15-16,31-33H2,1-3H3,(H,57,69)/t45-,46+,47-,48-,49+,50+,56-/m1/s1. The lowest BCUT2D eigenvalue weighted by atomic mass is 9.64. The van der Waals surface area contributed by atoms with Gasteiger partial charge in [-0.15, -0.1) is 5.10 Å². The predicted octanol–water partition coefficient (Wildman–Crippen LogP) is 7.55. The third kappa shape index (κ3) is 8.25. The van der Waals surface area contributed by atoms with E-state index in [1.807, 2.05) is 89.8 Å². The number of methoxy groups -OCH3 is 1. The number of hydrogen-bond acceptors (Lipinski definition) is 11. The number of aromatic nitrogens is 3. The molecular formula is C56H55N7O8. The summed E-state index contributed by atoms with van der Waals surface area (Å²) < 4.78 is 13.4. The minimum absolute atomic E-state index is 0.0372. The zero-order valence-corrected chi connectivity index (χ0v) is 39.8. The number of nitrogens with one attached hydrogen (secondary N) is 1. The second-order valence-electron chi connectivity index (χ2n) is 19.1. The number of imide groups is 1. The van der Waals surface area contributed by atoms with Crippen molar-refractivity contribution in [3.8, 4) is 17.6 Å². The van der Waals surface area contributed by atoms with Gasteiger partial charge in [0.25, 0.3) is 0 Å². The van der Waals surface area contributed by atoms with Crippen LogP contribution in [0.1, 0.15) is 92.0 Å². The van der Waals surface area contributed by atoms with E-state index < -0.39 is 77.3 Å². The number of para-hydroxylation sites is 1. The Hall–Kier alpha value is -7.83. The molecule has 1 aromatic heterocycles. The SMILES string of the molecule is COC(=O)[C@@H](NC(=O)N1C(=O)[C@@]2(c3cc(C#CCn4nnc5ccccc54)ccc31)[C@H](c1ccc(O)cc1)N1[C@H](c3ccccc3)[C@H](c3ccccc3)OC(=O)[C@H]1[C@@H]2C(=O)N1CCCCCCC1)C(C)C. The van der Waals surface area contributed by atoms with Crippen LogP contribution in [0.5, 0.6) is 5.75 Å². The molecule has 4 aliphatic heterocycles. The van der Waals surface area contributed by atoms with Crippen LogP contribution < -0.4 is 10.2 Å². The van der Waals surface area contributed by atoms with Crippen molar-refractivity contribution < 1.29 is 38.6 Å². The van der Waals surface area contributed by atoms with E-state index in [1.54, 1.807) is 53.8 Å². The third-order valence-electron chi connectivity index (χ3n) is 14.6. The molecule has 0 bridgehead atoms. The molecule has 0 radical (unpaired) electrons. The largest absolute Gasteiger partial charge is 0.508 e. The summed E-state index contributed by atoms with van der Waals surface area (Å²) >= 11 is 0. The molecular weight excluding hydrogens is 899 g/mol. The van der Waals surface area contributed by atoms with Gasteiger partial charge in [0.15, 0.2) is 0 Å². The van der Waals surface area contributed by atoms with Crippen molar-refractivity contribution in [3.05, 3.63) is 155 Å². The van der Waals surface area contributed by atoms with Crippen molar-refractivity contribution in [1.29, 1.82) is 0 Å². The molecule has 10 rings (SSSR count). The number of urea groups is 1. The first-order valence-corrected chi connectivity index (χ1v) is 24.3. The molecule has 4 amide bonds. The van der Waals surface area contributed by atoms with Crippen LogP contribution in [-0.2, 0) is 40.6 Å². The normalized spacial score (nSPS) is 23.5. The summed E-state index contributed by atoms with van der Waals surface area (Å²) in [7, 11) is 1.23. The maximum atomic E-state index is 16.7. The Morgan fingerprint density at radius 1 is 0.817 bits per heavy atom. The summed E-state index contributed by atoms with van der Waals surface area (Å²) in [5.41, 5.74) is 2.36. The summed E-state index contributed by atoms with van der Waals surface area (Å²) in [5.74, 6) is 1.95. The maximum absolute atomic E-state index is 16.7. The van der Waals surface area contributed by atoms with Gasteiger partial charge in [-0.05, 0) is 83.5 Å². The molecule has 6 aromatic rings. The molecule has 0 saturated carbocycles. The lowest BCUT2D eigenvalue weighted by Crippen LogP contribution is -2.58. The maximum Gasteiger partial charge on any atom is 0.329 e. The van der Waals surface area contributed by atoms with E-state index in [1.165, 1.54) is 19.2 Å². The summed E-state index contributed by atoms with van der Waals surface area (Å²) in [5, 5.41) is 22.2. The first kappa shape index (κ1) is 46.9. The van der Waals surface area contributed by atoms with Crippen LogP contribution in [0.15, 0.2) is 127 Å². The average Bonchev–Trinajstić information content (AvgIpc) is 4.01. The Morgan fingerprint density at radius 3 is 2.17 bits per heavy atom. The molecule has 5 heterocycles. The summed E-state index contributed by atoms with van der Waals surface area (Å²) in [6.07, 6.45) is 3.36. The van der Waals surface area contributed by atoms with E-state index in [0.29, 0.717) is 40.9 Å². The lowest BCUT2D eigenvalue weighted by Gasteiger charge is -2.46. The molecule has 3 fully saturated rings. The van der Waals surface area contributed by atoms with Gasteiger partial charge >= 0.3 is 18.0 Å². The van der Waals surface area contributed by atoms with Gasteiger partial charge < -0.3 is 24.8 Å². The van der Waals surface area contributed by atoms with E-state index in [9.17, 15) is 9.90 Å². The van der Waals surface area contributed by atoms with Crippen LogP contribution in [0.25, 0.3) is 11.0 Å². The number of ether oxygens (including phenoxy) is 2. The number of rotatable bonds is 8. The molecule has 7 atom stereocenters. The number of cyclic esters (lactones) is 1. The van der Waals surface area contributed by atoms with E-state index in [-0.39, 0.29) is 18.0 Å². The fraction of sp³-hybridized carbons (Fsp3) is 0.339. The molecule has 0 aliphatic carbocycles. The molecule has 362 valence electrons. The Kier molecular flexibility index (Phi) is 12.9. The zero-order chi connectivity index (χ0) is 49.4. The van der Waals surface area contributed by atoms with Gasteiger partial charge in [0.05, 0.1) is 36.3 Å². The number of nitrogens with zero attached hydrogens (tertiary/aromatic N) is 6. The average molecular weight is 954 g/mol. The highest BCUT2D eigenvalue weighted by atomic mass is 16.6. The number of carbonyl (C=O) groups excluding carboxylic acids is 5. The first-order chi connectivity index (χ1) is 34.5. The van der Waals surface area contributed by atoms with E-state index in [0.717, 1.165) is 48.1 Å². The highest BCUT2D eigenvalue weighted by molar-refractivity contribution is 6.25. The molecule has 4 aliphatic rings. The number of amides is 4. The van der Waals surface area contributed by atoms with Gasteiger partial charge in [-0.1, -0.05) is 135 Å². The van der Waals surface area contributed by atoms with Crippen LogP contribution in [0.4, 0.5) is 10.5 Å². The molecule has 5 aromatic carbocycles. The molecule has 0 unspecified atom stereocenters. The van der Waals surface area contributed by atoms with Gasteiger partial charge in [-0.2, -0.15) is 0 Å². The Labute approximate surface area is 411 Å². The van der Waals surface area contributed by atoms with Crippen LogP contribution in [0.3, 0.4) is 0 Å². The van der Waals surface area contributed by atoms with Crippen molar-refractivity contribution >= 4 is 46.5 Å². The molecule has 3 saturated heterocycles. The Bertz CT molecular complexity index is 3050. The van der Waals surface area contributed by atoms with Crippen LogP contribution in [0.2, 0.25) is 0 Å². The van der Waals surface area contributed by atoms with Crippen LogP contribution in [-0.4, -0.2) is 92.0 Å². The van der Waals surface area contributed by atoms with Crippen molar-refractivity contribution in [2.75, 3.05) is 25.1 Å². The predicted molar refractivity (Wildman–Crippen MR) is 263 cm³/mol. The first-order valence-electron chi connectivity index (χ1n) is 24.3. The monoisotopic (exact) mass is 953 g/mol. The second kappa shape index (κ2) is 19.5. The molecule has 2 N–H and O–H groups in total. The topological polar surface area (TPSA) is 176 Å². The minimum Gasteiger partial charge on any atom is -0.508 e. The third-order valence-corrected chi connectivity index (χ3v) is 14.6. The zero-order valence-electron chi connectivity index (χ0n) is 39.8. The Balaban J connectivity index is 1.25. The van der Waals surface area contributed by atoms with Crippen molar-refractivity contribution in [1.82, 2.24) is 30.1 Å². The molecule has 1 spiro atoms. The number of aromatic hydroxyl groups is 1. The summed E-state index contributed by atoms with van der Waals surface area (Å²) in [4.78, 5) is 81.7. The van der Waals surface area contributed by atoms with Gasteiger partial charge in [-0.25, -0.2) is 19.2 Å². The van der Waals surface area contributed by atoms with Gasteiger partial charge in [0.1, 0.15) is 41.4 Å². The quantitative estimate of drug-likeness (QED) is 0.114. The van der Waals surface area contributed by atoms with Crippen molar-refractivity contribution in [2.24, 2.45) is 11.8 Å². The Morgan fingerprint density at radius 2 is 1.48 bits per heavy atom. The fourth-order valence-electron chi connectivity index (χ4n) is 11.4. The van der Waals surface area contributed by atoms with Crippen molar-refractivity contribution in [2.45, 2.75) is 88.2 Å². The number of benzene rings is 5. The number of carbonyl (C=O) groups is 5.